The van der Waals surface area contributed by atoms with Gasteiger partial charge in [-0.3, -0.25) is 14.5 Å². The van der Waals surface area contributed by atoms with Gasteiger partial charge < -0.3 is 4.74 Å². The Labute approximate surface area is 183 Å². The summed E-state index contributed by atoms with van der Waals surface area (Å²) in [6, 6.07) is 17.9. The van der Waals surface area contributed by atoms with E-state index in [0.717, 1.165) is 47.7 Å². The molecule has 3 heterocycles. The number of hydrogen-bond acceptors (Lipinski definition) is 5. The number of rotatable bonds is 4. The van der Waals surface area contributed by atoms with Crippen LogP contribution in [-0.4, -0.2) is 28.1 Å². The number of ether oxygens (including phenoxy) is 1. The van der Waals surface area contributed by atoms with Gasteiger partial charge in [0.2, 0.25) is 0 Å². The maximum atomic E-state index is 12.8. The van der Waals surface area contributed by atoms with Gasteiger partial charge in [-0.1, -0.05) is 42.5 Å². The molecule has 0 saturated carbocycles. The lowest BCUT2D eigenvalue weighted by Gasteiger charge is -2.26. The van der Waals surface area contributed by atoms with Crippen molar-refractivity contribution >= 4 is 33.8 Å². The first-order valence-corrected chi connectivity index (χ1v) is 11.1. The van der Waals surface area contributed by atoms with E-state index in [1.165, 1.54) is 16.0 Å². The van der Waals surface area contributed by atoms with E-state index in [1.54, 1.807) is 23.0 Å². The average molecular weight is 436 g/mol. The van der Waals surface area contributed by atoms with Gasteiger partial charge in [0, 0.05) is 29.9 Å². The fourth-order valence-corrected chi connectivity index (χ4v) is 5.83. The van der Waals surface area contributed by atoms with E-state index in [0.29, 0.717) is 4.64 Å². The predicted octanol–water partition coefficient (Wildman–Crippen LogP) is 4.68. The maximum absolute atomic E-state index is 12.8. The zero-order valence-corrected chi connectivity index (χ0v) is 18.2. The molecule has 1 aliphatic heterocycles. The molecule has 1 N–H and O–H groups in total. The number of nitrogens with one attached hydrogen (secondary N) is 1. The van der Waals surface area contributed by atoms with E-state index in [4.69, 9.17) is 17.0 Å². The highest BCUT2D eigenvalue weighted by molar-refractivity contribution is 7.71. The molecular formula is C23H21N3O2S2. The normalized spacial score (nSPS) is 14.0. The molecule has 2 aromatic carbocycles. The number of benzene rings is 2. The third kappa shape index (κ3) is 3.39. The first-order chi connectivity index (χ1) is 14.6. The number of thiophene rings is 1. The van der Waals surface area contributed by atoms with Gasteiger partial charge in [-0.2, -0.15) is 0 Å². The molecule has 0 bridgehead atoms. The Morgan fingerprint density at radius 1 is 1.13 bits per heavy atom. The Morgan fingerprint density at radius 3 is 2.63 bits per heavy atom. The third-order valence-electron chi connectivity index (χ3n) is 5.56. The Morgan fingerprint density at radius 2 is 1.90 bits per heavy atom. The minimum atomic E-state index is -0.211. The van der Waals surface area contributed by atoms with E-state index in [9.17, 15) is 4.79 Å². The van der Waals surface area contributed by atoms with Gasteiger partial charge in [-0.05, 0) is 41.8 Å². The van der Waals surface area contributed by atoms with Crippen molar-refractivity contribution in [1.82, 2.24) is 14.5 Å². The predicted molar refractivity (Wildman–Crippen MR) is 123 cm³/mol. The van der Waals surface area contributed by atoms with Crippen molar-refractivity contribution in [3.8, 4) is 11.4 Å². The Hall–Kier alpha value is -2.74. The summed E-state index contributed by atoms with van der Waals surface area (Å²) in [6.45, 7) is 2.78. The van der Waals surface area contributed by atoms with E-state index >= 15 is 0 Å². The highest BCUT2D eigenvalue weighted by Gasteiger charge is 2.23. The van der Waals surface area contributed by atoms with Gasteiger partial charge >= 0.3 is 5.69 Å². The number of aromatic nitrogens is 2. The molecule has 0 unspecified atom stereocenters. The monoisotopic (exact) mass is 435 g/mol. The van der Waals surface area contributed by atoms with Crippen LogP contribution in [0.3, 0.4) is 0 Å². The molecule has 5 nitrogen and oxygen atoms in total. The second-order valence-corrected chi connectivity index (χ2v) is 8.91. The molecule has 0 amide bonds. The van der Waals surface area contributed by atoms with Crippen molar-refractivity contribution in [3.63, 3.8) is 0 Å². The molecule has 7 heteroatoms. The lowest BCUT2D eigenvalue weighted by atomic mass is 10.0. The van der Waals surface area contributed by atoms with Crippen molar-refractivity contribution < 1.29 is 4.74 Å². The standard InChI is InChI=1S/C23H21N3O2S2/c1-28-17-9-7-16(8-10-17)26-22(29)20-18-11-12-25(13-15-5-3-2-4-6-15)14-19(18)30-21(20)24-23(26)27/h2-10H,11-14H2,1H3,(H,24,27). The van der Waals surface area contributed by atoms with Crippen molar-refractivity contribution in [1.29, 1.82) is 0 Å². The van der Waals surface area contributed by atoms with Gasteiger partial charge in [0.15, 0.2) is 0 Å². The lowest BCUT2D eigenvalue weighted by molar-refractivity contribution is 0.249. The number of nitrogens with zero attached hydrogens (tertiary/aromatic N) is 2. The van der Waals surface area contributed by atoms with Gasteiger partial charge in [0.25, 0.3) is 0 Å². The van der Waals surface area contributed by atoms with Gasteiger partial charge in [-0.25, -0.2) is 4.79 Å². The van der Waals surface area contributed by atoms with E-state index in [1.807, 2.05) is 30.3 Å². The van der Waals surface area contributed by atoms with Crippen LogP contribution in [0, 0.1) is 4.64 Å². The van der Waals surface area contributed by atoms with Crippen LogP contribution in [0.1, 0.15) is 16.0 Å². The largest absolute Gasteiger partial charge is 0.497 e. The van der Waals surface area contributed by atoms with Crippen molar-refractivity contribution in [2.45, 2.75) is 19.5 Å². The quantitative estimate of drug-likeness (QED) is 0.473. The summed E-state index contributed by atoms with van der Waals surface area (Å²) < 4.78 is 7.39. The Kier molecular flexibility index (Phi) is 5.02. The molecular weight excluding hydrogens is 414 g/mol. The molecule has 0 spiro atoms. The van der Waals surface area contributed by atoms with Crippen LogP contribution in [0.25, 0.3) is 15.9 Å². The van der Waals surface area contributed by atoms with Crippen molar-refractivity contribution in [2.24, 2.45) is 0 Å². The molecule has 0 atom stereocenters. The first kappa shape index (κ1) is 19.2. The summed E-state index contributed by atoms with van der Waals surface area (Å²) in [5.41, 5.74) is 3.13. The summed E-state index contributed by atoms with van der Waals surface area (Å²) in [5.74, 6) is 0.745. The maximum Gasteiger partial charge on any atom is 0.332 e. The SMILES string of the molecule is COc1ccc(-n2c(=O)[nH]c3sc4c(c3c2=S)CCN(Cc2ccccc2)C4)cc1. The first-order valence-electron chi connectivity index (χ1n) is 9.84. The zero-order valence-electron chi connectivity index (χ0n) is 16.6. The summed E-state index contributed by atoms with van der Waals surface area (Å²) in [6.07, 6.45) is 0.931. The average Bonchev–Trinajstić information content (AvgIpc) is 3.12. The summed E-state index contributed by atoms with van der Waals surface area (Å²) >= 11 is 7.46. The Balaban J connectivity index is 1.54. The second-order valence-electron chi connectivity index (χ2n) is 7.42. The van der Waals surface area contributed by atoms with Crippen LogP contribution in [0.2, 0.25) is 0 Å². The highest BCUT2D eigenvalue weighted by Crippen LogP contribution is 2.35. The van der Waals surface area contributed by atoms with Crippen LogP contribution in [0.4, 0.5) is 0 Å². The van der Waals surface area contributed by atoms with E-state index < -0.39 is 0 Å². The number of methoxy groups -OCH3 is 1. The fourth-order valence-electron chi connectivity index (χ4n) is 4.07. The van der Waals surface area contributed by atoms with Crippen LogP contribution < -0.4 is 10.4 Å². The van der Waals surface area contributed by atoms with Crippen LogP contribution in [0.5, 0.6) is 5.75 Å². The molecule has 0 aliphatic carbocycles. The summed E-state index contributed by atoms with van der Waals surface area (Å²) in [7, 11) is 1.62. The minimum absolute atomic E-state index is 0.211. The minimum Gasteiger partial charge on any atom is -0.497 e. The molecule has 0 saturated heterocycles. The molecule has 4 aromatic rings. The molecule has 30 heavy (non-hydrogen) atoms. The molecule has 1 aliphatic rings. The lowest BCUT2D eigenvalue weighted by Crippen LogP contribution is -2.29. The highest BCUT2D eigenvalue weighted by atomic mass is 32.1. The van der Waals surface area contributed by atoms with Crippen LogP contribution in [-0.2, 0) is 19.5 Å². The summed E-state index contributed by atoms with van der Waals surface area (Å²) in [5, 5.41) is 1.01. The summed E-state index contributed by atoms with van der Waals surface area (Å²) in [4.78, 5) is 20.5. The second kappa shape index (κ2) is 7.83. The van der Waals surface area contributed by atoms with Gasteiger partial charge in [0.05, 0.1) is 12.8 Å². The van der Waals surface area contributed by atoms with Crippen molar-refractivity contribution in [3.05, 3.63) is 85.7 Å². The van der Waals surface area contributed by atoms with Crippen LogP contribution >= 0.6 is 23.6 Å². The van der Waals surface area contributed by atoms with Gasteiger partial charge in [-0.15, -0.1) is 11.3 Å². The van der Waals surface area contributed by atoms with Crippen LogP contribution in [0.15, 0.2) is 59.4 Å². The Bertz CT molecular complexity index is 1320. The topological polar surface area (TPSA) is 50.3 Å². The molecule has 0 fully saturated rings. The van der Waals surface area contributed by atoms with E-state index in [2.05, 4.69) is 34.1 Å². The molecule has 2 aromatic heterocycles. The number of H-pyrrole nitrogens is 1. The molecule has 5 rings (SSSR count). The zero-order chi connectivity index (χ0) is 20.7. The van der Waals surface area contributed by atoms with Crippen molar-refractivity contribution in [2.75, 3.05) is 13.7 Å². The van der Waals surface area contributed by atoms with E-state index in [-0.39, 0.29) is 5.69 Å². The number of hydrogen-bond donors (Lipinski definition) is 1. The smallest absolute Gasteiger partial charge is 0.332 e. The molecule has 0 radical (unpaired) electrons. The number of aromatic amines is 1. The van der Waals surface area contributed by atoms with Gasteiger partial charge in [0.1, 0.15) is 15.2 Å². The molecule has 152 valence electrons. The number of fused-ring (bicyclic) bond motifs is 3. The fraction of sp³-hybridized carbons (Fsp3) is 0.217. The third-order valence-corrected chi connectivity index (χ3v) is 7.07.